The first-order valence-corrected chi connectivity index (χ1v) is 5.31. The topological polar surface area (TPSA) is 50.4 Å². The van der Waals surface area contributed by atoms with Gasteiger partial charge in [0.2, 0.25) is 5.91 Å². The molecule has 1 heterocycles. The van der Waals surface area contributed by atoms with Crippen LogP contribution in [0.4, 0.5) is 18.9 Å². The van der Waals surface area contributed by atoms with Crippen molar-refractivity contribution < 1.29 is 22.7 Å². The van der Waals surface area contributed by atoms with Crippen LogP contribution in [0.5, 0.6) is 5.75 Å². The Labute approximate surface area is 113 Å². The number of hydrogen-bond donors (Lipinski definition) is 2. The van der Waals surface area contributed by atoms with Gasteiger partial charge in [-0.25, -0.2) is 0 Å². The van der Waals surface area contributed by atoms with Crippen LogP contribution >= 0.6 is 12.4 Å². The third-order valence-electron chi connectivity index (χ3n) is 2.51. The highest BCUT2D eigenvalue weighted by atomic mass is 35.5. The van der Waals surface area contributed by atoms with E-state index in [-0.39, 0.29) is 30.0 Å². The van der Waals surface area contributed by atoms with Crippen molar-refractivity contribution in [3.63, 3.8) is 0 Å². The van der Waals surface area contributed by atoms with E-state index in [1.165, 1.54) is 12.1 Å². The second-order valence-electron chi connectivity index (χ2n) is 3.92. The second-order valence-corrected chi connectivity index (χ2v) is 3.92. The molecule has 19 heavy (non-hydrogen) atoms. The Morgan fingerprint density at radius 3 is 2.26 bits per heavy atom. The zero-order chi connectivity index (χ0) is 13.2. The number of nitrogens with one attached hydrogen (secondary N) is 2. The van der Waals surface area contributed by atoms with Gasteiger partial charge in [0.15, 0.2) is 0 Å². The fraction of sp³-hybridized carbons (Fsp3) is 0.364. The Balaban J connectivity index is 0.00000180. The molecule has 1 aromatic rings. The number of rotatable bonds is 3. The van der Waals surface area contributed by atoms with Crippen LogP contribution in [0.2, 0.25) is 0 Å². The quantitative estimate of drug-likeness (QED) is 0.899. The van der Waals surface area contributed by atoms with Crippen molar-refractivity contribution in [3.8, 4) is 5.75 Å². The van der Waals surface area contributed by atoms with Crippen LogP contribution in [0, 0.1) is 5.92 Å². The van der Waals surface area contributed by atoms with Crippen molar-refractivity contribution in [1.82, 2.24) is 5.32 Å². The molecular formula is C11H12ClF3N2O2. The number of carbonyl (C=O) groups excluding carboxylic acids is 1. The molecule has 0 unspecified atom stereocenters. The molecule has 1 amide bonds. The molecule has 0 radical (unpaired) electrons. The number of hydrogen-bond acceptors (Lipinski definition) is 3. The molecule has 8 heteroatoms. The largest absolute Gasteiger partial charge is 0.573 e. The van der Waals surface area contributed by atoms with E-state index in [0.717, 1.165) is 12.1 Å². The van der Waals surface area contributed by atoms with Crippen molar-refractivity contribution in [2.24, 2.45) is 5.92 Å². The Hall–Kier alpha value is -1.47. The van der Waals surface area contributed by atoms with Crippen molar-refractivity contribution in [3.05, 3.63) is 24.3 Å². The summed E-state index contributed by atoms with van der Waals surface area (Å²) >= 11 is 0. The highest BCUT2D eigenvalue weighted by Crippen LogP contribution is 2.24. The van der Waals surface area contributed by atoms with Gasteiger partial charge in [-0.3, -0.25) is 4.79 Å². The van der Waals surface area contributed by atoms with Gasteiger partial charge < -0.3 is 15.4 Å². The Morgan fingerprint density at radius 2 is 1.84 bits per heavy atom. The molecule has 0 bridgehead atoms. The lowest BCUT2D eigenvalue weighted by Gasteiger charge is -2.25. The monoisotopic (exact) mass is 296 g/mol. The van der Waals surface area contributed by atoms with E-state index in [0.29, 0.717) is 18.8 Å². The molecule has 1 aliphatic heterocycles. The summed E-state index contributed by atoms with van der Waals surface area (Å²) in [4.78, 5) is 11.5. The molecule has 0 aliphatic carbocycles. The van der Waals surface area contributed by atoms with Gasteiger partial charge in [-0.2, -0.15) is 0 Å². The van der Waals surface area contributed by atoms with Crippen molar-refractivity contribution in [1.29, 1.82) is 0 Å². The van der Waals surface area contributed by atoms with Crippen LogP contribution in [0.1, 0.15) is 0 Å². The van der Waals surface area contributed by atoms with Crippen LogP contribution in [-0.2, 0) is 4.79 Å². The minimum Gasteiger partial charge on any atom is -0.406 e. The van der Waals surface area contributed by atoms with Gasteiger partial charge in [-0.1, -0.05) is 0 Å². The molecule has 1 aromatic carbocycles. The first kappa shape index (κ1) is 15.6. The van der Waals surface area contributed by atoms with Crippen LogP contribution in [0.3, 0.4) is 0 Å². The highest BCUT2D eigenvalue weighted by Gasteiger charge is 2.31. The van der Waals surface area contributed by atoms with E-state index in [1.54, 1.807) is 0 Å². The fourth-order valence-electron chi connectivity index (χ4n) is 1.46. The molecule has 0 spiro atoms. The summed E-state index contributed by atoms with van der Waals surface area (Å²) in [6.45, 7) is 1.25. The number of halogens is 4. The summed E-state index contributed by atoms with van der Waals surface area (Å²) in [6.07, 6.45) is -4.71. The SMILES string of the molecule is Cl.O=C(Nc1ccc(OC(F)(F)F)cc1)C1CNC1. The predicted octanol–water partition coefficient (Wildman–Crippen LogP) is 2.16. The minimum atomic E-state index is -4.71. The Kier molecular flexibility index (Phi) is 5.02. The number of benzene rings is 1. The third-order valence-corrected chi connectivity index (χ3v) is 2.51. The standard InChI is InChI=1S/C11H11F3N2O2.ClH/c12-11(13,14)18-9-3-1-8(2-4-9)16-10(17)7-5-15-6-7;/h1-4,7,15H,5-6H2,(H,16,17);1H. The van der Waals surface area contributed by atoms with Crippen molar-refractivity contribution >= 4 is 24.0 Å². The number of carbonyl (C=O) groups is 1. The number of anilines is 1. The summed E-state index contributed by atoms with van der Waals surface area (Å²) in [7, 11) is 0. The summed E-state index contributed by atoms with van der Waals surface area (Å²) in [6, 6.07) is 5.04. The number of amides is 1. The molecule has 106 valence electrons. The average Bonchev–Trinajstić information content (AvgIpc) is 2.16. The van der Waals surface area contributed by atoms with E-state index in [1.807, 2.05) is 0 Å². The van der Waals surface area contributed by atoms with Crippen LogP contribution in [-0.4, -0.2) is 25.4 Å². The smallest absolute Gasteiger partial charge is 0.406 e. The second kappa shape index (κ2) is 6.12. The Morgan fingerprint density at radius 1 is 1.26 bits per heavy atom. The molecule has 4 nitrogen and oxygen atoms in total. The van der Waals surface area contributed by atoms with E-state index in [9.17, 15) is 18.0 Å². The van der Waals surface area contributed by atoms with Crippen molar-refractivity contribution in [2.45, 2.75) is 6.36 Å². The predicted molar refractivity (Wildman–Crippen MR) is 65.4 cm³/mol. The van der Waals surface area contributed by atoms with Gasteiger partial charge in [0.1, 0.15) is 5.75 Å². The zero-order valence-corrected chi connectivity index (χ0v) is 10.5. The zero-order valence-electron chi connectivity index (χ0n) is 9.66. The molecule has 0 atom stereocenters. The van der Waals surface area contributed by atoms with E-state index in [4.69, 9.17) is 0 Å². The summed E-state index contributed by atoms with van der Waals surface area (Å²) in [5, 5.41) is 5.58. The molecule has 1 saturated heterocycles. The van der Waals surface area contributed by atoms with Gasteiger partial charge in [-0.05, 0) is 24.3 Å². The van der Waals surface area contributed by atoms with E-state index < -0.39 is 6.36 Å². The molecule has 1 fully saturated rings. The van der Waals surface area contributed by atoms with Gasteiger partial charge in [0.25, 0.3) is 0 Å². The third kappa shape index (κ3) is 4.60. The molecular weight excluding hydrogens is 285 g/mol. The lowest BCUT2D eigenvalue weighted by Crippen LogP contribution is -2.48. The highest BCUT2D eigenvalue weighted by molar-refractivity contribution is 5.93. The Bertz CT molecular complexity index is 433. The van der Waals surface area contributed by atoms with E-state index in [2.05, 4.69) is 15.4 Å². The normalized spacial score (nSPS) is 15.1. The lowest BCUT2D eigenvalue weighted by molar-refractivity contribution is -0.274. The van der Waals surface area contributed by atoms with Crippen LogP contribution in [0.25, 0.3) is 0 Å². The molecule has 0 aromatic heterocycles. The maximum absolute atomic E-state index is 11.9. The van der Waals surface area contributed by atoms with Crippen molar-refractivity contribution in [2.75, 3.05) is 18.4 Å². The van der Waals surface area contributed by atoms with Gasteiger partial charge in [0, 0.05) is 18.8 Å². The number of alkyl halides is 3. The first-order chi connectivity index (χ1) is 8.44. The van der Waals surface area contributed by atoms with Gasteiger partial charge >= 0.3 is 6.36 Å². The maximum Gasteiger partial charge on any atom is 0.573 e. The fourth-order valence-corrected chi connectivity index (χ4v) is 1.46. The summed E-state index contributed by atoms with van der Waals surface area (Å²) < 4.78 is 39.5. The van der Waals surface area contributed by atoms with Gasteiger partial charge in [-0.15, -0.1) is 25.6 Å². The molecule has 1 aliphatic rings. The summed E-state index contributed by atoms with van der Waals surface area (Å²) in [5.41, 5.74) is 0.446. The lowest BCUT2D eigenvalue weighted by atomic mass is 10.0. The summed E-state index contributed by atoms with van der Waals surface area (Å²) in [5.74, 6) is -0.528. The van der Waals surface area contributed by atoms with E-state index >= 15 is 0 Å². The van der Waals surface area contributed by atoms with Gasteiger partial charge in [0.05, 0.1) is 5.92 Å². The first-order valence-electron chi connectivity index (χ1n) is 5.31. The maximum atomic E-state index is 11.9. The average molecular weight is 297 g/mol. The minimum absolute atomic E-state index is 0. The number of ether oxygens (including phenoxy) is 1. The van der Waals surface area contributed by atoms with Crippen LogP contribution in [0.15, 0.2) is 24.3 Å². The molecule has 2 N–H and O–H groups in total. The molecule has 2 rings (SSSR count). The van der Waals surface area contributed by atoms with Crippen LogP contribution < -0.4 is 15.4 Å². The molecule has 0 saturated carbocycles.